The Kier molecular flexibility index (Phi) is 5.19. The molecule has 1 amide bonds. The van der Waals surface area contributed by atoms with Crippen LogP contribution < -0.4 is 0 Å². The number of aryl methyl sites for hydroxylation is 1. The summed E-state index contributed by atoms with van der Waals surface area (Å²) in [7, 11) is 0. The summed E-state index contributed by atoms with van der Waals surface area (Å²) in [5.41, 5.74) is 4.57. The molecule has 1 saturated heterocycles. The number of H-pyrrole nitrogens is 2. The van der Waals surface area contributed by atoms with E-state index in [1.807, 2.05) is 36.1 Å². The predicted octanol–water partition coefficient (Wildman–Crippen LogP) is 4.80. The first kappa shape index (κ1) is 19.8. The number of carbonyl (C=O) groups excluding carboxylic acids is 1. The Balaban J connectivity index is 1.27. The standard InChI is InChI=1S/C24H25N5OS/c1-16-6-8-18(9-7-16)23-26-27-24(31)29(23)15-22(30)28-12-10-17(11-13-28)21-14-19-4-2-3-5-20(19)25-21/h2-9,14,17,25H,10-13,15H2,1H3,(H,27,31). The van der Waals surface area contributed by atoms with Gasteiger partial charge in [0.05, 0.1) is 0 Å². The van der Waals surface area contributed by atoms with E-state index in [2.05, 4.69) is 45.5 Å². The van der Waals surface area contributed by atoms with Gasteiger partial charge in [0, 0.05) is 35.8 Å². The van der Waals surface area contributed by atoms with Crippen molar-refractivity contribution in [2.75, 3.05) is 13.1 Å². The fourth-order valence-corrected chi connectivity index (χ4v) is 4.57. The molecule has 1 aliphatic rings. The molecule has 0 atom stereocenters. The molecule has 6 nitrogen and oxygen atoms in total. The number of amides is 1. The van der Waals surface area contributed by atoms with E-state index in [-0.39, 0.29) is 12.5 Å². The Hall–Kier alpha value is -3.19. The third kappa shape index (κ3) is 3.93. The van der Waals surface area contributed by atoms with Crippen molar-refractivity contribution in [2.45, 2.75) is 32.2 Å². The monoisotopic (exact) mass is 431 g/mol. The van der Waals surface area contributed by atoms with Crippen molar-refractivity contribution in [1.82, 2.24) is 24.6 Å². The summed E-state index contributed by atoms with van der Waals surface area (Å²) in [4.78, 5) is 18.5. The highest BCUT2D eigenvalue weighted by Crippen LogP contribution is 2.30. The summed E-state index contributed by atoms with van der Waals surface area (Å²) in [6, 6.07) is 18.7. The fourth-order valence-electron chi connectivity index (χ4n) is 4.38. The molecule has 3 heterocycles. The molecule has 0 saturated carbocycles. The molecule has 0 spiro atoms. The zero-order valence-corrected chi connectivity index (χ0v) is 18.3. The van der Waals surface area contributed by atoms with E-state index < -0.39 is 0 Å². The van der Waals surface area contributed by atoms with Gasteiger partial charge in [0.1, 0.15) is 6.54 Å². The maximum atomic E-state index is 13.0. The van der Waals surface area contributed by atoms with Gasteiger partial charge in [0.2, 0.25) is 5.91 Å². The number of fused-ring (bicyclic) bond motifs is 1. The Bertz CT molecular complexity index is 1240. The number of nitrogens with one attached hydrogen (secondary N) is 2. The maximum Gasteiger partial charge on any atom is 0.242 e. The molecule has 1 aliphatic heterocycles. The molecule has 2 N–H and O–H groups in total. The van der Waals surface area contributed by atoms with Gasteiger partial charge < -0.3 is 9.88 Å². The molecule has 158 valence electrons. The van der Waals surface area contributed by atoms with Crippen molar-refractivity contribution >= 4 is 29.0 Å². The number of aromatic nitrogens is 4. The molecule has 5 rings (SSSR count). The Labute approximate surface area is 185 Å². The summed E-state index contributed by atoms with van der Waals surface area (Å²) in [6.07, 6.45) is 1.92. The molecule has 4 aromatic rings. The van der Waals surface area contributed by atoms with Crippen LogP contribution in [0, 0.1) is 11.7 Å². The molecular formula is C24H25N5OS. The molecule has 7 heteroatoms. The van der Waals surface area contributed by atoms with Gasteiger partial charge in [-0.15, -0.1) is 0 Å². The smallest absolute Gasteiger partial charge is 0.242 e. The van der Waals surface area contributed by atoms with Crippen LogP contribution in [0.15, 0.2) is 54.6 Å². The van der Waals surface area contributed by atoms with Crippen LogP contribution >= 0.6 is 12.2 Å². The van der Waals surface area contributed by atoms with E-state index in [0.29, 0.717) is 16.5 Å². The van der Waals surface area contributed by atoms with Crippen LogP contribution in [0.1, 0.15) is 30.0 Å². The minimum absolute atomic E-state index is 0.0842. The minimum atomic E-state index is 0.0842. The lowest BCUT2D eigenvalue weighted by atomic mass is 9.93. The first-order valence-corrected chi connectivity index (χ1v) is 11.1. The van der Waals surface area contributed by atoms with Crippen molar-refractivity contribution in [2.24, 2.45) is 0 Å². The van der Waals surface area contributed by atoms with Gasteiger partial charge in [-0.2, -0.15) is 5.10 Å². The predicted molar refractivity (Wildman–Crippen MR) is 124 cm³/mol. The van der Waals surface area contributed by atoms with Gasteiger partial charge in [-0.1, -0.05) is 48.0 Å². The molecule has 31 heavy (non-hydrogen) atoms. The van der Waals surface area contributed by atoms with Gasteiger partial charge in [-0.05, 0) is 49.5 Å². The van der Waals surface area contributed by atoms with E-state index in [0.717, 1.165) is 31.5 Å². The molecule has 1 fully saturated rings. The summed E-state index contributed by atoms with van der Waals surface area (Å²) < 4.78 is 2.27. The summed E-state index contributed by atoms with van der Waals surface area (Å²) in [5.74, 6) is 1.24. The largest absolute Gasteiger partial charge is 0.358 e. The fraction of sp³-hybridized carbons (Fsp3) is 0.292. The second-order valence-electron chi connectivity index (χ2n) is 8.27. The number of para-hydroxylation sites is 1. The quantitative estimate of drug-likeness (QED) is 0.456. The number of nitrogens with zero attached hydrogens (tertiary/aromatic N) is 3. The van der Waals surface area contributed by atoms with E-state index in [4.69, 9.17) is 12.2 Å². The Morgan fingerprint density at radius 3 is 2.61 bits per heavy atom. The lowest BCUT2D eigenvalue weighted by molar-refractivity contribution is -0.132. The normalized spacial score (nSPS) is 14.9. The Morgan fingerprint density at radius 1 is 1.13 bits per heavy atom. The summed E-state index contributed by atoms with van der Waals surface area (Å²) in [6.45, 7) is 3.76. The van der Waals surface area contributed by atoms with Crippen LogP contribution in [0.25, 0.3) is 22.3 Å². The lowest BCUT2D eigenvalue weighted by Crippen LogP contribution is -2.39. The zero-order chi connectivity index (χ0) is 21.4. The van der Waals surface area contributed by atoms with E-state index in [1.54, 1.807) is 4.57 Å². The van der Waals surface area contributed by atoms with Crippen molar-refractivity contribution in [3.63, 3.8) is 0 Å². The van der Waals surface area contributed by atoms with Crippen molar-refractivity contribution < 1.29 is 4.79 Å². The molecule has 2 aromatic carbocycles. The molecule has 0 aliphatic carbocycles. The number of likely N-dealkylation sites (tertiary alicyclic amines) is 1. The average molecular weight is 432 g/mol. The average Bonchev–Trinajstić information content (AvgIpc) is 3.38. The van der Waals surface area contributed by atoms with Gasteiger partial charge >= 0.3 is 0 Å². The highest BCUT2D eigenvalue weighted by Gasteiger charge is 2.25. The highest BCUT2D eigenvalue weighted by molar-refractivity contribution is 7.71. The molecule has 0 unspecified atom stereocenters. The van der Waals surface area contributed by atoms with Crippen LogP contribution in [0.4, 0.5) is 0 Å². The minimum Gasteiger partial charge on any atom is -0.358 e. The molecule has 2 aromatic heterocycles. The first-order chi connectivity index (χ1) is 15.1. The third-order valence-corrected chi connectivity index (χ3v) is 6.51. The zero-order valence-electron chi connectivity index (χ0n) is 17.5. The van der Waals surface area contributed by atoms with Crippen LogP contribution in [-0.2, 0) is 11.3 Å². The van der Waals surface area contributed by atoms with E-state index in [9.17, 15) is 4.79 Å². The number of aromatic amines is 2. The number of benzene rings is 2. The Morgan fingerprint density at radius 2 is 1.87 bits per heavy atom. The topological polar surface area (TPSA) is 69.7 Å². The maximum absolute atomic E-state index is 13.0. The van der Waals surface area contributed by atoms with Gasteiger partial charge in [-0.25, -0.2) is 0 Å². The third-order valence-electron chi connectivity index (χ3n) is 6.20. The number of hydrogen-bond donors (Lipinski definition) is 2. The van der Waals surface area contributed by atoms with Crippen LogP contribution in [-0.4, -0.2) is 43.6 Å². The number of carbonyl (C=O) groups is 1. The molecule has 0 radical (unpaired) electrons. The SMILES string of the molecule is Cc1ccc(-c2n[nH]c(=S)n2CC(=O)N2CCC(c3cc4ccccc4[nH]3)CC2)cc1. The van der Waals surface area contributed by atoms with Gasteiger partial charge in [0.15, 0.2) is 10.6 Å². The summed E-state index contributed by atoms with van der Waals surface area (Å²) >= 11 is 5.40. The van der Waals surface area contributed by atoms with Crippen molar-refractivity contribution in [3.8, 4) is 11.4 Å². The summed E-state index contributed by atoms with van der Waals surface area (Å²) in [5, 5.41) is 8.44. The van der Waals surface area contributed by atoms with Crippen LogP contribution in [0.5, 0.6) is 0 Å². The van der Waals surface area contributed by atoms with E-state index >= 15 is 0 Å². The molecule has 0 bridgehead atoms. The highest BCUT2D eigenvalue weighted by atomic mass is 32.1. The van der Waals surface area contributed by atoms with Crippen molar-refractivity contribution in [3.05, 3.63) is 70.6 Å². The van der Waals surface area contributed by atoms with Crippen LogP contribution in [0.2, 0.25) is 0 Å². The number of hydrogen-bond acceptors (Lipinski definition) is 3. The molecular weight excluding hydrogens is 406 g/mol. The first-order valence-electron chi connectivity index (χ1n) is 10.7. The second kappa shape index (κ2) is 8.15. The number of piperidine rings is 1. The lowest BCUT2D eigenvalue weighted by Gasteiger charge is -2.31. The number of rotatable bonds is 4. The van der Waals surface area contributed by atoms with Crippen molar-refractivity contribution in [1.29, 1.82) is 0 Å². The van der Waals surface area contributed by atoms with Crippen LogP contribution in [0.3, 0.4) is 0 Å². The van der Waals surface area contributed by atoms with Gasteiger partial charge in [0.25, 0.3) is 0 Å². The second-order valence-corrected chi connectivity index (χ2v) is 8.66. The van der Waals surface area contributed by atoms with Gasteiger partial charge in [-0.3, -0.25) is 14.5 Å². The van der Waals surface area contributed by atoms with E-state index in [1.165, 1.54) is 22.2 Å².